The van der Waals surface area contributed by atoms with Gasteiger partial charge < -0.3 is 5.73 Å². The molecule has 2 N–H and O–H groups in total. The minimum absolute atomic E-state index is 0.283. The van der Waals surface area contributed by atoms with Crippen molar-refractivity contribution in [1.29, 1.82) is 0 Å². The highest BCUT2D eigenvalue weighted by Gasteiger charge is 1.99. The summed E-state index contributed by atoms with van der Waals surface area (Å²) in [6.07, 6.45) is 1.63. The molecule has 0 saturated heterocycles. The fourth-order valence-electron chi connectivity index (χ4n) is 0.587. The van der Waals surface area contributed by atoms with Gasteiger partial charge in [0.15, 0.2) is 0 Å². The first kappa shape index (κ1) is 7.50. The number of rotatable bonds is 1. The van der Waals surface area contributed by atoms with Crippen molar-refractivity contribution in [2.45, 2.75) is 4.90 Å². The lowest BCUT2D eigenvalue weighted by atomic mass is 10.3. The van der Waals surface area contributed by atoms with Crippen molar-refractivity contribution in [3.05, 3.63) is 24.0 Å². The molecule has 0 aliphatic carbocycles. The van der Waals surface area contributed by atoms with E-state index in [0.29, 0.717) is 5.69 Å². The average molecular weight is 170 g/mol. The number of thiol groups is 1. The average Bonchev–Trinajstić information content (AvgIpc) is 1.88. The largest absolute Gasteiger partial charge is 0.388 e. The van der Waals surface area contributed by atoms with Crippen molar-refractivity contribution in [3.63, 3.8) is 0 Å². The Morgan fingerprint density at radius 2 is 2.40 bits per heavy atom. The fraction of sp³-hybridized carbons (Fsp3) is 0. The third-order valence-corrected chi connectivity index (χ3v) is 1.57. The summed E-state index contributed by atoms with van der Waals surface area (Å²) in [4.78, 5) is 4.94. The van der Waals surface area contributed by atoms with Gasteiger partial charge in [0, 0.05) is 11.1 Å². The predicted octanol–water partition coefficient (Wildman–Crippen LogP) is 1.00. The highest BCUT2D eigenvalue weighted by atomic mass is 32.1. The van der Waals surface area contributed by atoms with Gasteiger partial charge in [-0.25, -0.2) is 0 Å². The second kappa shape index (κ2) is 2.98. The summed E-state index contributed by atoms with van der Waals surface area (Å²) < 4.78 is 0. The molecule has 0 unspecified atom stereocenters. The lowest BCUT2D eigenvalue weighted by Gasteiger charge is -1.98. The molecular formula is C6H6N2S2. The number of aromatic nitrogens is 1. The van der Waals surface area contributed by atoms with E-state index in [2.05, 4.69) is 17.6 Å². The van der Waals surface area contributed by atoms with Crippen molar-refractivity contribution in [1.82, 2.24) is 4.98 Å². The molecule has 0 bridgehead atoms. The van der Waals surface area contributed by atoms with Crippen LogP contribution in [0.15, 0.2) is 23.2 Å². The maximum atomic E-state index is 5.33. The van der Waals surface area contributed by atoms with Gasteiger partial charge in [0.2, 0.25) is 0 Å². The van der Waals surface area contributed by atoms with Crippen LogP contribution in [0.25, 0.3) is 0 Å². The highest BCUT2D eigenvalue weighted by Crippen LogP contribution is 2.08. The van der Waals surface area contributed by atoms with Crippen LogP contribution >= 0.6 is 24.8 Å². The van der Waals surface area contributed by atoms with Crippen LogP contribution in [0.5, 0.6) is 0 Å². The summed E-state index contributed by atoms with van der Waals surface area (Å²) in [5.74, 6) is 0. The van der Waals surface area contributed by atoms with E-state index in [0.717, 1.165) is 4.90 Å². The zero-order chi connectivity index (χ0) is 7.56. The molecule has 1 rings (SSSR count). The molecule has 1 heterocycles. The third-order valence-electron chi connectivity index (χ3n) is 1.02. The Bertz CT molecular complexity index is 260. The molecule has 1 aromatic rings. The summed E-state index contributed by atoms with van der Waals surface area (Å²) in [6.45, 7) is 0. The molecule has 0 saturated carbocycles. The van der Waals surface area contributed by atoms with Crippen molar-refractivity contribution < 1.29 is 0 Å². The molecule has 4 heteroatoms. The van der Waals surface area contributed by atoms with Gasteiger partial charge in [-0.2, -0.15) is 0 Å². The molecule has 0 aromatic carbocycles. The van der Waals surface area contributed by atoms with Crippen LogP contribution in [0.4, 0.5) is 0 Å². The van der Waals surface area contributed by atoms with Gasteiger partial charge in [-0.05, 0) is 12.1 Å². The van der Waals surface area contributed by atoms with Gasteiger partial charge in [0.1, 0.15) is 10.7 Å². The maximum absolute atomic E-state index is 5.33. The molecule has 52 valence electrons. The van der Waals surface area contributed by atoms with E-state index >= 15 is 0 Å². The van der Waals surface area contributed by atoms with E-state index in [-0.39, 0.29) is 4.99 Å². The number of hydrogen-bond acceptors (Lipinski definition) is 3. The minimum Gasteiger partial charge on any atom is -0.388 e. The quantitative estimate of drug-likeness (QED) is 0.488. The number of nitrogens with two attached hydrogens (primary N) is 1. The predicted molar refractivity (Wildman–Crippen MR) is 47.4 cm³/mol. The fourth-order valence-corrected chi connectivity index (χ4v) is 1.09. The lowest BCUT2D eigenvalue weighted by molar-refractivity contribution is 1.21. The SMILES string of the molecule is NC(=S)c1ncccc1S. The van der Waals surface area contributed by atoms with Gasteiger partial charge in [0.25, 0.3) is 0 Å². The Hall–Kier alpha value is -0.610. The van der Waals surface area contributed by atoms with Gasteiger partial charge >= 0.3 is 0 Å². The van der Waals surface area contributed by atoms with Crippen LogP contribution in [-0.4, -0.2) is 9.97 Å². The van der Waals surface area contributed by atoms with Crippen LogP contribution in [0.1, 0.15) is 5.69 Å². The van der Waals surface area contributed by atoms with Gasteiger partial charge in [-0.3, -0.25) is 4.98 Å². The number of thiocarbonyl (C=S) groups is 1. The summed E-state index contributed by atoms with van der Waals surface area (Å²) in [7, 11) is 0. The molecule has 0 radical (unpaired) electrons. The second-order valence-corrected chi connectivity index (χ2v) is 2.66. The van der Waals surface area contributed by atoms with Gasteiger partial charge in [-0.15, -0.1) is 12.6 Å². The smallest absolute Gasteiger partial charge is 0.123 e. The molecule has 0 amide bonds. The van der Waals surface area contributed by atoms with Crippen molar-refractivity contribution in [2.24, 2.45) is 5.73 Å². The molecular weight excluding hydrogens is 164 g/mol. The van der Waals surface area contributed by atoms with E-state index in [1.165, 1.54) is 0 Å². The molecule has 0 aliphatic rings. The molecule has 1 aromatic heterocycles. The van der Waals surface area contributed by atoms with Crippen molar-refractivity contribution in [2.75, 3.05) is 0 Å². The number of hydrogen-bond donors (Lipinski definition) is 2. The first-order chi connectivity index (χ1) is 4.72. The van der Waals surface area contributed by atoms with Crippen LogP contribution < -0.4 is 5.73 Å². The Morgan fingerprint density at radius 1 is 1.70 bits per heavy atom. The van der Waals surface area contributed by atoms with E-state index < -0.39 is 0 Å². The molecule has 0 atom stereocenters. The number of pyridine rings is 1. The maximum Gasteiger partial charge on any atom is 0.123 e. The second-order valence-electron chi connectivity index (χ2n) is 1.74. The Morgan fingerprint density at radius 3 is 2.80 bits per heavy atom. The van der Waals surface area contributed by atoms with E-state index in [1.54, 1.807) is 18.3 Å². The topological polar surface area (TPSA) is 38.9 Å². The van der Waals surface area contributed by atoms with Gasteiger partial charge in [-0.1, -0.05) is 12.2 Å². The molecule has 0 spiro atoms. The molecule has 10 heavy (non-hydrogen) atoms. The van der Waals surface area contributed by atoms with Crippen LogP contribution in [0.3, 0.4) is 0 Å². The van der Waals surface area contributed by atoms with Crippen LogP contribution in [0, 0.1) is 0 Å². The minimum atomic E-state index is 0.283. The zero-order valence-corrected chi connectivity index (χ0v) is 6.82. The van der Waals surface area contributed by atoms with Gasteiger partial charge in [0.05, 0.1) is 0 Å². The summed E-state index contributed by atoms with van der Waals surface area (Å²) in [5.41, 5.74) is 5.92. The first-order valence-corrected chi connectivity index (χ1v) is 3.51. The van der Waals surface area contributed by atoms with E-state index in [1.807, 2.05) is 0 Å². The Labute approximate surface area is 69.9 Å². The molecule has 0 fully saturated rings. The highest BCUT2D eigenvalue weighted by molar-refractivity contribution is 7.81. The summed E-state index contributed by atoms with van der Waals surface area (Å²) >= 11 is 8.82. The monoisotopic (exact) mass is 170 g/mol. The van der Waals surface area contributed by atoms with Crippen molar-refractivity contribution in [3.8, 4) is 0 Å². The lowest BCUT2D eigenvalue weighted by Crippen LogP contribution is -2.11. The standard InChI is InChI=1S/C6H6N2S2/c7-6(10)5-4(9)2-1-3-8-5/h1-3,9H,(H2,7,10). The van der Waals surface area contributed by atoms with Crippen LogP contribution in [-0.2, 0) is 0 Å². The number of nitrogens with zero attached hydrogens (tertiary/aromatic N) is 1. The normalized spacial score (nSPS) is 9.30. The van der Waals surface area contributed by atoms with E-state index in [9.17, 15) is 0 Å². The first-order valence-electron chi connectivity index (χ1n) is 2.65. The third kappa shape index (κ3) is 1.46. The van der Waals surface area contributed by atoms with E-state index in [4.69, 9.17) is 18.0 Å². The molecule has 0 aliphatic heterocycles. The summed E-state index contributed by atoms with van der Waals surface area (Å²) in [5, 5.41) is 0. The Balaban J connectivity index is 3.15. The zero-order valence-electron chi connectivity index (χ0n) is 5.11. The van der Waals surface area contributed by atoms with Crippen molar-refractivity contribution >= 4 is 29.8 Å². The van der Waals surface area contributed by atoms with Crippen LogP contribution in [0.2, 0.25) is 0 Å². The molecule has 2 nitrogen and oxygen atoms in total. The Kier molecular flexibility index (Phi) is 2.24. The summed E-state index contributed by atoms with van der Waals surface area (Å²) in [6, 6.07) is 3.58.